The minimum atomic E-state index is -0.381. The van der Waals surface area contributed by atoms with Crippen molar-refractivity contribution in [3.63, 3.8) is 0 Å². The summed E-state index contributed by atoms with van der Waals surface area (Å²) >= 11 is 0. The quantitative estimate of drug-likeness (QED) is 0.651. The molecule has 0 aromatic heterocycles. The van der Waals surface area contributed by atoms with Crippen LogP contribution in [0, 0.1) is 0 Å². The number of amides is 1. The van der Waals surface area contributed by atoms with E-state index in [1.54, 1.807) is 6.92 Å². The zero-order valence-corrected chi connectivity index (χ0v) is 13.4. The smallest absolute Gasteiger partial charge is 0.249 e. The van der Waals surface area contributed by atoms with Gasteiger partial charge in [-0.25, -0.2) is 0 Å². The summed E-state index contributed by atoms with van der Waals surface area (Å²) in [7, 11) is 0. The SMILES string of the molecule is CCC(C)NC(=O)C(C)OCCCNCc1ccccc1. The summed E-state index contributed by atoms with van der Waals surface area (Å²) in [4.78, 5) is 11.8. The highest BCUT2D eigenvalue weighted by Crippen LogP contribution is 1.98. The summed E-state index contributed by atoms with van der Waals surface area (Å²) in [6.07, 6.45) is 1.45. The first-order valence-electron chi connectivity index (χ1n) is 7.80. The maximum absolute atomic E-state index is 11.8. The predicted molar refractivity (Wildman–Crippen MR) is 86.1 cm³/mol. The Morgan fingerprint density at radius 1 is 1.24 bits per heavy atom. The molecule has 0 aliphatic heterocycles. The Labute approximate surface area is 128 Å². The van der Waals surface area contributed by atoms with Gasteiger partial charge in [-0.15, -0.1) is 0 Å². The Balaban J connectivity index is 2.04. The molecule has 4 nitrogen and oxygen atoms in total. The molecule has 4 heteroatoms. The molecule has 0 aliphatic carbocycles. The zero-order chi connectivity index (χ0) is 15.5. The third-order valence-corrected chi connectivity index (χ3v) is 3.41. The van der Waals surface area contributed by atoms with E-state index in [1.807, 2.05) is 25.1 Å². The van der Waals surface area contributed by atoms with E-state index in [4.69, 9.17) is 4.74 Å². The van der Waals surface area contributed by atoms with Gasteiger partial charge in [0.05, 0.1) is 0 Å². The van der Waals surface area contributed by atoms with Crippen molar-refractivity contribution in [2.45, 2.75) is 52.3 Å². The predicted octanol–water partition coefficient (Wildman–Crippen LogP) is 2.49. The summed E-state index contributed by atoms with van der Waals surface area (Å²) in [6, 6.07) is 10.5. The average molecular weight is 292 g/mol. The molecule has 0 heterocycles. The molecule has 2 atom stereocenters. The Hall–Kier alpha value is -1.39. The summed E-state index contributed by atoms with van der Waals surface area (Å²) in [6.45, 7) is 8.19. The molecule has 0 aliphatic rings. The van der Waals surface area contributed by atoms with E-state index in [2.05, 4.69) is 29.7 Å². The van der Waals surface area contributed by atoms with Crippen LogP contribution in [0.15, 0.2) is 30.3 Å². The van der Waals surface area contributed by atoms with E-state index in [9.17, 15) is 4.79 Å². The van der Waals surface area contributed by atoms with Gasteiger partial charge in [-0.05, 0) is 38.8 Å². The number of ether oxygens (including phenoxy) is 1. The van der Waals surface area contributed by atoms with Crippen LogP contribution in [-0.2, 0) is 16.1 Å². The first kappa shape index (κ1) is 17.7. The molecule has 1 rings (SSSR count). The van der Waals surface area contributed by atoms with Gasteiger partial charge < -0.3 is 15.4 Å². The number of carbonyl (C=O) groups excluding carboxylic acids is 1. The van der Waals surface area contributed by atoms with Gasteiger partial charge in [-0.3, -0.25) is 4.79 Å². The van der Waals surface area contributed by atoms with Crippen molar-refractivity contribution >= 4 is 5.91 Å². The van der Waals surface area contributed by atoms with Crippen LogP contribution in [0.2, 0.25) is 0 Å². The van der Waals surface area contributed by atoms with Crippen LogP contribution in [0.5, 0.6) is 0 Å². The van der Waals surface area contributed by atoms with E-state index < -0.39 is 0 Å². The molecule has 0 bridgehead atoms. The van der Waals surface area contributed by atoms with Gasteiger partial charge in [0.25, 0.3) is 0 Å². The van der Waals surface area contributed by atoms with E-state index in [-0.39, 0.29) is 18.1 Å². The van der Waals surface area contributed by atoms with Gasteiger partial charge in [0, 0.05) is 19.2 Å². The Morgan fingerprint density at radius 3 is 2.62 bits per heavy atom. The summed E-state index contributed by atoms with van der Waals surface area (Å²) in [5.74, 6) is -0.0263. The van der Waals surface area contributed by atoms with Crippen LogP contribution in [0.1, 0.15) is 39.2 Å². The first-order valence-corrected chi connectivity index (χ1v) is 7.80. The number of carbonyl (C=O) groups is 1. The van der Waals surface area contributed by atoms with Gasteiger partial charge >= 0.3 is 0 Å². The monoisotopic (exact) mass is 292 g/mol. The number of hydrogen-bond donors (Lipinski definition) is 2. The Kier molecular flexibility index (Phi) is 8.71. The van der Waals surface area contributed by atoms with Gasteiger partial charge in [0.1, 0.15) is 6.10 Å². The fraction of sp³-hybridized carbons (Fsp3) is 0.588. The molecule has 1 amide bonds. The van der Waals surface area contributed by atoms with Crippen LogP contribution in [-0.4, -0.2) is 31.2 Å². The summed E-state index contributed by atoms with van der Waals surface area (Å²) in [5, 5.41) is 6.29. The van der Waals surface area contributed by atoms with Crippen molar-refractivity contribution < 1.29 is 9.53 Å². The van der Waals surface area contributed by atoms with Crippen molar-refractivity contribution in [1.29, 1.82) is 0 Å². The molecule has 2 unspecified atom stereocenters. The molecular formula is C17H28N2O2. The Morgan fingerprint density at radius 2 is 1.95 bits per heavy atom. The third-order valence-electron chi connectivity index (χ3n) is 3.41. The topological polar surface area (TPSA) is 50.4 Å². The first-order chi connectivity index (χ1) is 10.1. The fourth-order valence-corrected chi connectivity index (χ4v) is 1.82. The van der Waals surface area contributed by atoms with E-state index >= 15 is 0 Å². The maximum atomic E-state index is 11.8. The lowest BCUT2D eigenvalue weighted by Crippen LogP contribution is -2.39. The van der Waals surface area contributed by atoms with Crippen LogP contribution in [0.3, 0.4) is 0 Å². The molecule has 0 spiro atoms. The lowest BCUT2D eigenvalue weighted by molar-refractivity contribution is -0.132. The van der Waals surface area contributed by atoms with Crippen molar-refractivity contribution in [1.82, 2.24) is 10.6 Å². The molecule has 0 fully saturated rings. The van der Waals surface area contributed by atoms with Gasteiger partial charge in [0.2, 0.25) is 5.91 Å². The lowest BCUT2D eigenvalue weighted by Gasteiger charge is -2.16. The van der Waals surface area contributed by atoms with E-state index in [1.165, 1.54) is 5.56 Å². The van der Waals surface area contributed by atoms with Gasteiger partial charge in [-0.2, -0.15) is 0 Å². The van der Waals surface area contributed by atoms with Crippen LogP contribution in [0.25, 0.3) is 0 Å². The van der Waals surface area contributed by atoms with Crippen molar-refractivity contribution in [3.8, 4) is 0 Å². The van der Waals surface area contributed by atoms with E-state index in [0.29, 0.717) is 6.61 Å². The largest absolute Gasteiger partial charge is 0.369 e. The molecule has 118 valence electrons. The molecule has 0 radical (unpaired) electrons. The van der Waals surface area contributed by atoms with Crippen LogP contribution >= 0.6 is 0 Å². The lowest BCUT2D eigenvalue weighted by atomic mass is 10.2. The van der Waals surface area contributed by atoms with Crippen molar-refractivity contribution in [2.75, 3.05) is 13.2 Å². The van der Waals surface area contributed by atoms with Crippen LogP contribution in [0.4, 0.5) is 0 Å². The molecule has 21 heavy (non-hydrogen) atoms. The second-order valence-corrected chi connectivity index (χ2v) is 5.35. The van der Waals surface area contributed by atoms with Crippen molar-refractivity contribution in [3.05, 3.63) is 35.9 Å². The molecule has 1 aromatic carbocycles. The zero-order valence-electron chi connectivity index (χ0n) is 13.4. The summed E-state index contributed by atoms with van der Waals surface area (Å²) in [5.41, 5.74) is 1.28. The normalized spacial score (nSPS) is 13.7. The minimum Gasteiger partial charge on any atom is -0.369 e. The third kappa shape index (κ3) is 7.83. The highest BCUT2D eigenvalue weighted by molar-refractivity contribution is 5.80. The van der Waals surface area contributed by atoms with Crippen LogP contribution < -0.4 is 10.6 Å². The maximum Gasteiger partial charge on any atom is 0.249 e. The number of rotatable bonds is 10. The molecule has 2 N–H and O–H groups in total. The summed E-state index contributed by atoms with van der Waals surface area (Å²) < 4.78 is 5.55. The second-order valence-electron chi connectivity index (χ2n) is 5.35. The number of hydrogen-bond acceptors (Lipinski definition) is 3. The average Bonchev–Trinajstić information content (AvgIpc) is 2.51. The highest BCUT2D eigenvalue weighted by atomic mass is 16.5. The van der Waals surface area contributed by atoms with E-state index in [0.717, 1.165) is 25.9 Å². The minimum absolute atomic E-state index is 0.0263. The number of benzene rings is 1. The number of nitrogens with one attached hydrogen (secondary N) is 2. The van der Waals surface area contributed by atoms with Crippen molar-refractivity contribution in [2.24, 2.45) is 0 Å². The highest BCUT2D eigenvalue weighted by Gasteiger charge is 2.14. The molecule has 0 saturated carbocycles. The molecule has 0 saturated heterocycles. The van der Waals surface area contributed by atoms with Gasteiger partial charge in [0.15, 0.2) is 0 Å². The van der Waals surface area contributed by atoms with Gasteiger partial charge in [-0.1, -0.05) is 37.3 Å². The fourth-order valence-electron chi connectivity index (χ4n) is 1.82. The standard InChI is InChI=1S/C17H28N2O2/c1-4-14(2)19-17(20)15(3)21-12-8-11-18-13-16-9-6-5-7-10-16/h5-7,9-10,14-15,18H,4,8,11-13H2,1-3H3,(H,19,20). The molecular weight excluding hydrogens is 264 g/mol. The second kappa shape index (κ2) is 10.4. The Bertz CT molecular complexity index is 395. The molecule has 1 aromatic rings.